The summed E-state index contributed by atoms with van der Waals surface area (Å²) in [5.41, 5.74) is -0.146. The fourth-order valence-electron chi connectivity index (χ4n) is 0.124. The van der Waals surface area contributed by atoms with Crippen molar-refractivity contribution in [3.63, 3.8) is 0 Å². The van der Waals surface area contributed by atoms with Crippen molar-refractivity contribution in [3.05, 3.63) is 0 Å². The number of rotatable bonds is 2. The zero-order valence-electron chi connectivity index (χ0n) is 4.29. The molecule has 0 amide bonds. The van der Waals surface area contributed by atoms with Gasteiger partial charge in [0, 0.05) is 0 Å². The number of carbonyl (C=O) groups is 1. The maximum atomic E-state index is 10.0. The zero-order valence-corrected chi connectivity index (χ0v) is 5.10. The Bertz CT molecular complexity index is 150. The van der Waals surface area contributed by atoms with Crippen molar-refractivity contribution in [2.24, 2.45) is 4.30 Å². The van der Waals surface area contributed by atoms with Gasteiger partial charge in [-0.3, -0.25) is 0 Å². The molecular formula is C3H3BN2OS. The molecule has 0 radical (unpaired) electrons. The van der Waals surface area contributed by atoms with Crippen LogP contribution in [0.25, 0.3) is 0 Å². The Kier molecular flexibility index (Phi) is 4.18. The molecule has 0 heterocycles. The van der Waals surface area contributed by atoms with E-state index in [1.54, 1.807) is 5.40 Å². The van der Waals surface area contributed by atoms with Gasteiger partial charge in [-0.05, 0) is 0 Å². The number of nitriles is 1. The summed E-state index contributed by atoms with van der Waals surface area (Å²) in [4.78, 5) is 10.0. The fourth-order valence-corrected chi connectivity index (χ4v) is 0.372. The van der Waals surface area contributed by atoms with Gasteiger partial charge in [0.05, 0.1) is 0 Å². The van der Waals surface area contributed by atoms with E-state index in [1.165, 1.54) is 6.92 Å². The van der Waals surface area contributed by atoms with Crippen molar-refractivity contribution >= 4 is 24.7 Å². The van der Waals surface area contributed by atoms with Crippen LogP contribution in [0.1, 0.15) is 6.92 Å². The van der Waals surface area contributed by atoms with Gasteiger partial charge < -0.3 is 0 Å². The Hall–Kier alpha value is -0.625. The molecule has 0 fully saturated rings. The van der Waals surface area contributed by atoms with E-state index >= 15 is 0 Å². The summed E-state index contributed by atoms with van der Waals surface area (Å²) in [6.45, 7) is 1.38. The quantitative estimate of drug-likeness (QED) is 0.308. The fraction of sp³-hybridized carbons (Fsp3) is 0.333. The molecule has 40 valence electrons. The Labute approximate surface area is 52.2 Å². The van der Waals surface area contributed by atoms with Crippen LogP contribution in [-0.4, -0.2) is 12.8 Å². The summed E-state index contributed by atoms with van der Waals surface area (Å²) in [7, 11) is 1.11. The second kappa shape index (κ2) is 4.53. The first-order valence-electron chi connectivity index (χ1n) is 1.86. The average Bonchev–Trinajstić information content (AvgIpc) is 1.66. The SMILES string of the molecule is CC(=O)B=NSC#N. The van der Waals surface area contributed by atoms with Crippen LogP contribution in [0.3, 0.4) is 0 Å². The topological polar surface area (TPSA) is 53.2 Å². The first-order chi connectivity index (χ1) is 3.77. The van der Waals surface area contributed by atoms with Crippen LogP contribution in [-0.2, 0) is 4.79 Å². The first kappa shape index (κ1) is 7.37. The van der Waals surface area contributed by atoms with Crippen molar-refractivity contribution in [1.29, 1.82) is 5.26 Å². The van der Waals surface area contributed by atoms with Gasteiger partial charge in [-0.1, -0.05) is 0 Å². The van der Waals surface area contributed by atoms with E-state index in [9.17, 15) is 4.79 Å². The Balaban J connectivity index is 3.38. The van der Waals surface area contributed by atoms with E-state index in [2.05, 4.69) is 4.30 Å². The Morgan fingerprint density at radius 3 is 3.00 bits per heavy atom. The van der Waals surface area contributed by atoms with Gasteiger partial charge in [-0.25, -0.2) is 0 Å². The van der Waals surface area contributed by atoms with Crippen LogP contribution in [0.4, 0.5) is 0 Å². The molecule has 0 rings (SSSR count). The van der Waals surface area contributed by atoms with Crippen molar-refractivity contribution in [2.75, 3.05) is 0 Å². The van der Waals surface area contributed by atoms with E-state index in [4.69, 9.17) is 5.26 Å². The molecule has 0 bridgehead atoms. The predicted octanol–water partition coefficient (Wildman–Crippen LogP) is 0.550. The number of carbonyl (C=O) groups excluding carboxylic acids is 1. The third-order valence-electron chi connectivity index (χ3n) is 0.328. The molecule has 0 aliphatic carbocycles. The van der Waals surface area contributed by atoms with Gasteiger partial charge in [-0.15, -0.1) is 0 Å². The average molecular weight is 126 g/mol. The van der Waals surface area contributed by atoms with Gasteiger partial charge in [0.2, 0.25) is 0 Å². The predicted molar refractivity (Wildman–Crippen MR) is 32.1 cm³/mol. The number of hydrogen-bond donors (Lipinski definition) is 0. The molecule has 8 heavy (non-hydrogen) atoms. The normalized spacial score (nSPS) is 8.00. The summed E-state index contributed by atoms with van der Waals surface area (Å²) in [6.07, 6.45) is 0. The second-order valence-corrected chi connectivity index (χ2v) is 1.60. The van der Waals surface area contributed by atoms with Crippen molar-refractivity contribution in [3.8, 4) is 5.40 Å². The molecule has 0 unspecified atom stereocenters. The van der Waals surface area contributed by atoms with Crippen molar-refractivity contribution in [2.45, 2.75) is 6.92 Å². The first-order valence-corrected chi connectivity index (χ1v) is 2.63. The number of thiocyanates is 1. The molecule has 0 aromatic heterocycles. The van der Waals surface area contributed by atoms with Gasteiger partial charge in [0.25, 0.3) is 0 Å². The van der Waals surface area contributed by atoms with Gasteiger partial charge in [0.15, 0.2) is 0 Å². The Morgan fingerprint density at radius 1 is 2.00 bits per heavy atom. The minimum atomic E-state index is -0.146. The van der Waals surface area contributed by atoms with Gasteiger partial charge in [0.1, 0.15) is 0 Å². The number of nitrogens with zero attached hydrogens (tertiary/aromatic N) is 2. The van der Waals surface area contributed by atoms with Crippen LogP contribution in [0.5, 0.6) is 0 Å². The van der Waals surface area contributed by atoms with E-state index < -0.39 is 0 Å². The monoisotopic (exact) mass is 126 g/mol. The molecule has 5 heteroatoms. The van der Waals surface area contributed by atoms with E-state index in [0.717, 1.165) is 7.07 Å². The summed E-state index contributed by atoms with van der Waals surface area (Å²) in [5, 5.41) is 9.56. The van der Waals surface area contributed by atoms with Crippen LogP contribution in [0, 0.1) is 10.7 Å². The van der Waals surface area contributed by atoms with Gasteiger partial charge >= 0.3 is 51.4 Å². The standard InChI is InChI=1S/C3H3BN2OS/c1-3(7)4-6-8-2-5/h1H3. The molecule has 0 aromatic carbocycles. The molecule has 0 aromatic rings. The molecule has 0 aliphatic heterocycles. The maximum absolute atomic E-state index is 10.0. The molecule has 0 atom stereocenters. The van der Waals surface area contributed by atoms with Crippen molar-refractivity contribution < 1.29 is 4.79 Å². The van der Waals surface area contributed by atoms with Crippen LogP contribution < -0.4 is 0 Å². The number of hydrogen-bond acceptors (Lipinski definition) is 4. The minimum absolute atomic E-state index is 0.146. The molecule has 3 nitrogen and oxygen atoms in total. The summed E-state index contributed by atoms with van der Waals surface area (Å²) in [6, 6.07) is 0. The molecular weight excluding hydrogens is 123 g/mol. The molecule has 0 saturated carbocycles. The van der Waals surface area contributed by atoms with E-state index in [0.29, 0.717) is 11.9 Å². The van der Waals surface area contributed by atoms with Gasteiger partial charge in [-0.2, -0.15) is 0 Å². The van der Waals surface area contributed by atoms with Crippen LogP contribution >= 0.6 is 11.9 Å². The zero-order chi connectivity index (χ0) is 6.41. The summed E-state index contributed by atoms with van der Waals surface area (Å²) in [5.74, 6) is 0. The summed E-state index contributed by atoms with van der Waals surface area (Å²) >= 11 is 0.691. The third-order valence-corrected chi connectivity index (χ3v) is 0.621. The molecule has 0 aliphatic rings. The van der Waals surface area contributed by atoms with Crippen LogP contribution in [0.2, 0.25) is 0 Å². The van der Waals surface area contributed by atoms with E-state index in [-0.39, 0.29) is 5.68 Å². The van der Waals surface area contributed by atoms with Crippen molar-refractivity contribution in [1.82, 2.24) is 0 Å². The second-order valence-electron chi connectivity index (χ2n) is 1.03. The van der Waals surface area contributed by atoms with E-state index in [1.807, 2.05) is 0 Å². The molecule has 0 saturated heterocycles. The summed E-state index contributed by atoms with van der Waals surface area (Å²) < 4.78 is 3.37. The molecule has 0 N–H and O–H groups in total. The Morgan fingerprint density at radius 2 is 2.62 bits per heavy atom. The molecule has 0 spiro atoms. The van der Waals surface area contributed by atoms with Crippen LogP contribution in [0.15, 0.2) is 4.30 Å². The third kappa shape index (κ3) is 5.37.